The zero-order valence-corrected chi connectivity index (χ0v) is 19.9. The Morgan fingerprint density at radius 1 is 1.22 bits per heavy atom. The van der Waals surface area contributed by atoms with Gasteiger partial charge in [0.2, 0.25) is 5.95 Å². The van der Waals surface area contributed by atoms with Crippen molar-refractivity contribution in [1.82, 2.24) is 24.4 Å². The molecule has 1 aliphatic rings. The van der Waals surface area contributed by atoms with Crippen LogP contribution in [0.5, 0.6) is 0 Å². The topological polar surface area (TPSA) is 134 Å². The number of fused-ring (bicyclic) bond motifs is 1. The monoisotopic (exact) mass is 532 g/mol. The first kappa shape index (κ1) is 27.2. The van der Waals surface area contributed by atoms with Gasteiger partial charge in [0, 0.05) is 32.8 Å². The maximum Gasteiger partial charge on any atom is 0.490 e. The minimum Gasteiger partial charge on any atom is -0.475 e. The Morgan fingerprint density at radius 3 is 2.44 bits per heavy atom. The lowest BCUT2D eigenvalue weighted by Gasteiger charge is -2.28. The highest BCUT2D eigenvalue weighted by Crippen LogP contribution is 2.29. The third kappa shape index (κ3) is 6.06. The molecule has 15 heteroatoms. The number of alkyl halides is 3. The van der Waals surface area contributed by atoms with E-state index in [-0.39, 0.29) is 0 Å². The first-order valence-electron chi connectivity index (χ1n) is 10.9. The van der Waals surface area contributed by atoms with Crippen molar-refractivity contribution in [3.8, 4) is 5.69 Å². The minimum atomic E-state index is -5.08. The number of carbonyl (C=O) groups is 1. The normalized spacial score (nSPS) is 14.0. The Balaban J connectivity index is 0.000000454. The summed E-state index contributed by atoms with van der Waals surface area (Å²) in [5.74, 6) is -2.16. The molecule has 0 spiro atoms. The zero-order valence-electron chi connectivity index (χ0n) is 19.1. The molecule has 2 aromatic heterocycles. The highest BCUT2D eigenvalue weighted by atomic mass is 35.5. The second-order valence-corrected chi connectivity index (χ2v) is 7.93. The number of piperazine rings is 1. The van der Waals surface area contributed by atoms with Crippen LogP contribution in [0.25, 0.3) is 16.9 Å². The average molecular weight is 533 g/mol. The van der Waals surface area contributed by atoms with Crippen molar-refractivity contribution in [1.29, 1.82) is 0 Å². The predicted octanol–water partition coefficient (Wildman–Crippen LogP) is 1.61. The van der Waals surface area contributed by atoms with E-state index < -0.39 is 23.4 Å². The molecule has 3 heterocycles. The molecule has 0 unspecified atom stereocenters. The van der Waals surface area contributed by atoms with E-state index in [2.05, 4.69) is 15.2 Å². The molecule has 11 nitrogen and oxygen atoms in total. The van der Waals surface area contributed by atoms with Crippen LogP contribution in [0.1, 0.15) is 6.92 Å². The lowest BCUT2D eigenvalue weighted by molar-refractivity contribution is -0.192. The molecule has 0 bridgehead atoms. The first-order chi connectivity index (χ1) is 17.1. The van der Waals surface area contributed by atoms with Gasteiger partial charge in [-0.3, -0.25) is 18.9 Å². The van der Waals surface area contributed by atoms with E-state index in [4.69, 9.17) is 31.2 Å². The number of aromatic nitrogens is 4. The van der Waals surface area contributed by atoms with E-state index in [1.165, 1.54) is 4.57 Å². The Hall–Kier alpha value is -3.36. The molecule has 3 N–H and O–H groups in total. The predicted molar refractivity (Wildman–Crippen MR) is 126 cm³/mol. The number of halogens is 4. The van der Waals surface area contributed by atoms with Gasteiger partial charge in [0.05, 0.1) is 23.9 Å². The van der Waals surface area contributed by atoms with E-state index in [1.807, 2.05) is 25.1 Å². The third-order valence-corrected chi connectivity index (χ3v) is 5.50. The summed E-state index contributed by atoms with van der Waals surface area (Å²) in [7, 11) is 0. The van der Waals surface area contributed by atoms with E-state index in [9.17, 15) is 22.8 Å². The van der Waals surface area contributed by atoms with Gasteiger partial charge in [-0.1, -0.05) is 23.7 Å². The number of hydrogen-bond acceptors (Lipinski definition) is 7. The van der Waals surface area contributed by atoms with Crippen molar-refractivity contribution < 1.29 is 27.8 Å². The van der Waals surface area contributed by atoms with Gasteiger partial charge in [0.25, 0.3) is 5.56 Å². The fraction of sp³-hybridized carbons (Fsp3) is 0.429. The summed E-state index contributed by atoms with van der Waals surface area (Å²) in [5.41, 5.74) is 0.268. The van der Waals surface area contributed by atoms with Gasteiger partial charge in [-0.05, 0) is 19.1 Å². The number of carboxylic acid groups (broad SMARTS) is 1. The average Bonchev–Trinajstić information content (AvgIpc) is 3.23. The number of nitrogens with one attached hydrogen (secondary N) is 2. The van der Waals surface area contributed by atoms with Crippen LogP contribution in [0.15, 0.2) is 33.9 Å². The van der Waals surface area contributed by atoms with Crippen LogP contribution in [-0.4, -0.2) is 75.7 Å². The van der Waals surface area contributed by atoms with Crippen LogP contribution in [0.3, 0.4) is 0 Å². The van der Waals surface area contributed by atoms with Gasteiger partial charge in [0.15, 0.2) is 11.2 Å². The van der Waals surface area contributed by atoms with E-state index >= 15 is 0 Å². The molecule has 196 valence electrons. The quantitative estimate of drug-likeness (QED) is 0.408. The maximum atomic E-state index is 12.8. The lowest BCUT2D eigenvalue weighted by Crippen LogP contribution is -2.44. The molecule has 0 amide bonds. The number of aliphatic carboxylic acids is 1. The SMILES string of the molecule is CCOCCn1c(=O)[nH]c(=O)c2c1nc(N1CCNCC1)n2-c1ccccc1Cl.O=C(O)C(F)(F)F. The summed E-state index contributed by atoms with van der Waals surface area (Å²) in [6.45, 7) is 6.14. The number of nitrogens with zero attached hydrogens (tertiary/aromatic N) is 4. The minimum absolute atomic E-state index is 0.292. The van der Waals surface area contributed by atoms with Crippen molar-refractivity contribution in [2.45, 2.75) is 19.6 Å². The van der Waals surface area contributed by atoms with Crippen molar-refractivity contribution in [2.75, 3.05) is 44.3 Å². The van der Waals surface area contributed by atoms with Crippen molar-refractivity contribution >= 4 is 34.7 Å². The summed E-state index contributed by atoms with van der Waals surface area (Å²) in [6.07, 6.45) is -5.08. The molecule has 36 heavy (non-hydrogen) atoms. The van der Waals surface area contributed by atoms with E-state index in [0.717, 1.165) is 26.2 Å². The standard InChI is InChI=1S/C19H23ClN6O3.C2HF3O2/c1-2-29-12-11-25-16-15(17(27)23-19(25)28)26(14-6-4-3-5-13(14)20)18(22-16)24-9-7-21-8-10-24;3-2(4,5)1(6)7/h3-6,21H,2,7-12H2,1H3,(H,23,27,28);(H,6,7). The van der Waals surface area contributed by atoms with Crippen LogP contribution in [-0.2, 0) is 16.1 Å². The molecule has 0 aliphatic carbocycles. The summed E-state index contributed by atoms with van der Waals surface area (Å²) < 4.78 is 40.3. The smallest absolute Gasteiger partial charge is 0.475 e. The maximum absolute atomic E-state index is 12.8. The van der Waals surface area contributed by atoms with Gasteiger partial charge in [0.1, 0.15) is 0 Å². The number of hydrogen-bond donors (Lipinski definition) is 3. The number of imidazole rings is 1. The molecule has 1 aliphatic heterocycles. The molecule has 0 radical (unpaired) electrons. The van der Waals surface area contributed by atoms with Crippen molar-refractivity contribution in [3.05, 3.63) is 50.1 Å². The van der Waals surface area contributed by atoms with Crippen molar-refractivity contribution in [3.63, 3.8) is 0 Å². The van der Waals surface area contributed by atoms with Gasteiger partial charge >= 0.3 is 17.8 Å². The van der Waals surface area contributed by atoms with Crippen LogP contribution in [0, 0.1) is 0 Å². The Bertz CT molecular complexity index is 1330. The van der Waals surface area contributed by atoms with Gasteiger partial charge in [-0.25, -0.2) is 9.59 Å². The summed E-state index contributed by atoms with van der Waals surface area (Å²) in [4.78, 5) is 43.5. The highest BCUT2D eigenvalue weighted by Gasteiger charge is 2.38. The number of H-pyrrole nitrogens is 1. The van der Waals surface area contributed by atoms with Gasteiger partial charge < -0.3 is 20.1 Å². The summed E-state index contributed by atoms with van der Waals surface area (Å²) in [5, 5.41) is 10.9. The molecule has 1 aromatic carbocycles. The molecule has 1 fully saturated rings. The molecule has 0 atom stereocenters. The van der Waals surface area contributed by atoms with Crippen LogP contribution < -0.4 is 21.5 Å². The number of para-hydroxylation sites is 1. The molecule has 3 aromatic rings. The Labute approximate surface area is 207 Å². The van der Waals surface area contributed by atoms with Crippen LogP contribution in [0.4, 0.5) is 19.1 Å². The largest absolute Gasteiger partial charge is 0.490 e. The zero-order chi connectivity index (χ0) is 26.5. The molecule has 1 saturated heterocycles. The Morgan fingerprint density at radius 2 is 1.86 bits per heavy atom. The third-order valence-electron chi connectivity index (χ3n) is 5.18. The summed E-state index contributed by atoms with van der Waals surface area (Å²) >= 11 is 6.47. The second kappa shape index (κ2) is 11.6. The fourth-order valence-corrected chi connectivity index (χ4v) is 3.78. The number of carboxylic acids is 1. The number of ether oxygens (including phenoxy) is 1. The Kier molecular flexibility index (Phi) is 8.76. The molecule has 4 rings (SSSR count). The van der Waals surface area contributed by atoms with Crippen LogP contribution >= 0.6 is 11.6 Å². The highest BCUT2D eigenvalue weighted by molar-refractivity contribution is 6.32. The van der Waals surface area contributed by atoms with Crippen molar-refractivity contribution in [2.24, 2.45) is 0 Å². The second-order valence-electron chi connectivity index (χ2n) is 7.52. The van der Waals surface area contributed by atoms with Crippen LogP contribution in [0.2, 0.25) is 5.02 Å². The number of rotatable bonds is 6. The molecule has 0 saturated carbocycles. The molecular formula is C21H24ClF3N6O5. The first-order valence-corrected chi connectivity index (χ1v) is 11.3. The van der Waals surface area contributed by atoms with Gasteiger partial charge in [-0.2, -0.15) is 18.2 Å². The number of benzene rings is 1. The van der Waals surface area contributed by atoms with E-state index in [0.29, 0.717) is 47.6 Å². The molecular weight excluding hydrogens is 509 g/mol. The number of aromatic amines is 1. The fourth-order valence-electron chi connectivity index (χ4n) is 3.55. The lowest BCUT2D eigenvalue weighted by atomic mass is 10.3. The number of anilines is 1. The van der Waals surface area contributed by atoms with E-state index in [1.54, 1.807) is 10.6 Å². The van der Waals surface area contributed by atoms with Gasteiger partial charge in [-0.15, -0.1) is 0 Å². The summed E-state index contributed by atoms with van der Waals surface area (Å²) in [6, 6.07) is 7.29.